The van der Waals surface area contributed by atoms with Crippen molar-refractivity contribution < 1.29 is 14.7 Å². The van der Waals surface area contributed by atoms with E-state index in [1.807, 2.05) is 13.8 Å². The maximum atomic E-state index is 11.9. The maximum absolute atomic E-state index is 11.9. The third kappa shape index (κ3) is 5.38. The highest BCUT2D eigenvalue weighted by atomic mass is 16.4. The van der Waals surface area contributed by atoms with Gasteiger partial charge in [0.15, 0.2) is 0 Å². The fourth-order valence-corrected chi connectivity index (χ4v) is 1.93. The minimum Gasteiger partial charge on any atom is -0.481 e. The van der Waals surface area contributed by atoms with Gasteiger partial charge in [0.05, 0.1) is 5.69 Å². The molecule has 7 nitrogen and oxygen atoms in total. The van der Waals surface area contributed by atoms with Crippen LogP contribution >= 0.6 is 0 Å². The zero-order chi connectivity index (χ0) is 15.0. The Hall–Kier alpha value is -1.92. The average molecular weight is 282 g/mol. The molecule has 0 saturated carbocycles. The molecule has 1 amide bonds. The Morgan fingerprint density at radius 1 is 1.30 bits per heavy atom. The van der Waals surface area contributed by atoms with Crippen LogP contribution in [0.25, 0.3) is 0 Å². The Balaban J connectivity index is 2.39. The fourth-order valence-electron chi connectivity index (χ4n) is 1.93. The van der Waals surface area contributed by atoms with Crippen LogP contribution in [0.5, 0.6) is 0 Å². The topological polar surface area (TPSA) is 88.3 Å². The van der Waals surface area contributed by atoms with Gasteiger partial charge >= 0.3 is 5.97 Å². The number of nitrogens with zero attached hydrogens (tertiary/aromatic N) is 4. The zero-order valence-electron chi connectivity index (χ0n) is 12.1. The molecule has 0 unspecified atom stereocenters. The molecule has 0 saturated heterocycles. The van der Waals surface area contributed by atoms with Crippen LogP contribution in [0.2, 0.25) is 0 Å². The molecule has 0 atom stereocenters. The molecule has 1 aromatic rings. The first kappa shape index (κ1) is 16.1. The SMILES string of the molecule is CCN(CC)C(=O)Cn1cc(CCCCC(=O)O)nn1. The lowest BCUT2D eigenvalue weighted by molar-refractivity contribution is -0.137. The van der Waals surface area contributed by atoms with Crippen LogP contribution in [0.1, 0.15) is 38.8 Å². The van der Waals surface area contributed by atoms with Crippen molar-refractivity contribution in [3.05, 3.63) is 11.9 Å². The van der Waals surface area contributed by atoms with E-state index >= 15 is 0 Å². The van der Waals surface area contributed by atoms with E-state index in [0.29, 0.717) is 25.9 Å². The summed E-state index contributed by atoms with van der Waals surface area (Å²) in [6.45, 7) is 5.45. The minimum absolute atomic E-state index is 0.0253. The predicted octanol–water partition coefficient (Wildman–Crippen LogP) is 0.944. The Morgan fingerprint density at radius 3 is 2.60 bits per heavy atom. The molecule has 0 aliphatic rings. The molecule has 1 aromatic heterocycles. The van der Waals surface area contributed by atoms with Crippen LogP contribution in [-0.2, 0) is 22.6 Å². The molecule has 1 rings (SSSR count). The number of carbonyl (C=O) groups excluding carboxylic acids is 1. The molecule has 7 heteroatoms. The van der Waals surface area contributed by atoms with Gasteiger partial charge in [-0.1, -0.05) is 5.21 Å². The van der Waals surface area contributed by atoms with Gasteiger partial charge in [-0.05, 0) is 33.1 Å². The van der Waals surface area contributed by atoms with E-state index in [9.17, 15) is 9.59 Å². The van der Waals surface area contributed by atoms with E-state index in [2.05, 4.69) is 10.3 Å². The summed E-state index contributed by atoms with van der Waals surface area (Å²) in [6.07, 6.45) is 4.00. The van der Waals surface area contributed by atoms with Gasteiger partial charge in [-0.25, -0.2) is 4.68 Å². The summed E-state index contributed by atoms with van der Waals surface area (Å²) < 4.78 is 1.53. The summed E-state index contributed by atoms with van der Waals surface area (Å²) in [4.78, 5) is 24.0. The van der Waals surface area contributed by atoms with E-state index in [0.717, 1.165) is 12.1 Å². The van der Waals surface area contributed by atoms with Crippen LogP contribution in [0.15, 0.2) is 6.20 Å². The van der Waals surface area contributed by atoms with Crippen molar-refractivity contribution >= 4 is 11.9 Å². The van der Waals surface area contributed by atoms with Gasteiger partial charge in [-0.15, -0.1) is 5.10 Å². The number of aryl methyl sites for hydroxylation is 1. The number of unbranched alkanes of at least 4 members (excludes halogenated alkanes) is 1. The molecule has 0 aromatic carbocycles. The first-order valence-corrected chi connectivity index (χ1v) is 6.95. The number of hydrogen-bond acceptors (Lipinski definition) is 4. The van der Waals surface area contributed by atoms with E-state index in [-0.39, 0.29) is 18.9 Å². The monoisotopic (exact) mass is 282 g/mol. The third-order valence-corrected chi connectivity index (χ3v) is 3.07. The van der Waals surface area contributed by atoms with Gasteiger partial charge in [-0.3, -0.25) is 9.59 Å². The Bertz CT molecular complexity index is 441. The molecular weight excluding hydrogens is 260 g/mol. The first-order chi connectivity index (χ1) is 9.56. The van der Waals surface area contributed by atoms with Crippen molar-refractivity contribution in [3.8, 4) is 0 Å². The Morgan fingerprint density at radius 2 is 2.00 bits per heavy atom. The van der Waals surface area contributed by atoms with Crippen LogP contribution in [-0.4, -0.2) is 50.0 Å². The Labute approximate surface area is 118 Å². The molecular formula is C13H22N4O3. The zero-order valence-corrected chi connectivity index (χ0v) is 12.1. The molecule has 0 aliphatic heterocycles. The largest absolute Gasteiger partial charge is 0.481 e. The van der Waals surface area contributed by atoms with E-state index in [1.165, 1.54) is 4.68 Å². The van der Waals surface area contributed by atoms with Crippen LogP contribution in [0.4, 0.5) is 0 Å². The third-order valence-electron chi connectivity index (χ3n) is 3.07. The molecule has 112 valence electrons. The number of likely N-dealkylation sites (N-methyl/N-ethyl adjacent to an activating group) is 1. The van der Waals surface area contributed by atoms with Crippen molar-refractivity contribution in [2.45, 2.75) is 46.1 Å². The summed E-state index contributed by atoms with van der Waals surface area (Å²) in [5.74, 6) is -0.754. The van der Waals surface area contributed by atoms with Gasteiger partial charge in [0.25, 0.3) is 0 Å². The number of amides is 1. The van der Waals surface area contributed by atoms with Gasteiger partial charge in [0.2, 0.25) is 5.91 Å². The summed E-state index contributed by atoms with van der Waals surface area (Å²) in [5, 5.41) is 16.5. The van der Waals surface area contributed by atoms with Gasteiger partial charge in [0.1, 0.15) is 6.54 Å². The second kappa shape index (κ2) is 8.29. The number of rotatable bonds is 9. The fraction of sp³-hybridized carbons (Fsp3) is 0.692. The summed E-state index contributed by atoms with van der Waals surface area (Å²) in [7, 11) is 0. The molecule has 1 N–H and O–H groups in total. The van der Waals surface area contributed by atoms with Crippen molar-refractivity contribution in [3.63, 3.8) is 0 Å². The minimum atomic E-state index is -0.779. The molecule has 0 spiro atoms. The molecule has 0 fully saturated rings. The molecule has 1 heterocycles. The number of carboxylic acids is 1. The van der Waals surface area contributed by atoms with Gasteiger partial charge in [-0.2, -0.15) is 0 Å². The standard InChI is InChI=1S/C13H22N4O3/c1-3-16(4-2)12(18)10-17-9-11(14-15-17)7-5-6-8-13(19)20/h9H,3-8,10H2,1-2H3,(H,19,20). The lowest BCUT2D eigenvalue weighted by Gasteiger charge is -2.17. The van der Waals surface area contributed by atoms with Crippen molar-refractivity contribution in [1.82, 2.24) is 19.9 Å². The second-order valence-corrected chi connectivity index (χ2v) is 4.57. The normalized spacial score (nSPS) is 10.5. The van der Waals surface area contributed by atoms with Gasteiger partial charge in [0, 0.05) is 25.7 Å². The maximum Gasteiger partial charge on any atom is 0.303 e. The predicted molar refractivity (Wildman–Crippen MR) is 73.1 cm³/mol. The number of carbonyl (C=O) groups is 2. The van der Waals surface area contributed by atoms with Gasteiger partial charge < -0.3 is 10.0 Å². The average Bonchev–Trinajstić information content (AvgIpc) is 2.83. The van der Waals surface area contributed by atoms with Crippen molar-refractivity contribution in [2.24, 2.45) is 0 Å². The van der Waals surface area contributed by atoms with E-state index < -0.39 is 5.97 Å². The number of carboxylic acid groups (broad SMARTS) is 1. The summed E-state index contributed by atoms with van der Waals surface area (Å²) in [5.41, 5.74) is 0.794. The van der Waals surface area contributed by atoms with Crippen LogP contribution in [0.3, 0.4) is 0 Å². The highest BCUT2D eigenvalue weighted by Crippen LogP contribution is 2.04. The highest BCUT2D eigenvalue weighted by molar-refractivity contribution is 5.75. The summed E-state index contributed by atoms with van der Waals surface area (Å²) >= 11 is 0. The lowest BCUT2D eigenvalue weighted by Crippen LogP contribution is -2.33. The number of aliphatic carboxylic acids is 1. The first-order valence-electron chi connectivity index (χ1n) is 6.95. The smallest absolute Gasteiger partial charge is 0.303 e. The molecule has 0 aliphatic carbocycles. The number of hydrogen-bond donors (Lipinski definition) is 1. The lowest BCUT2D eigenvalue weighted by atomic mass is 10.1. The number of aromatic nitrogens is 3. The van der Waals surface area contributed by atoms with Crippen molar-refractivity contribution in [1.29, 1.82) is 0 Å². The van der Waals surface area contributed by atoms with E-state index in [4.69, 9.17) is 5.11 Å². The quantitative estimate of drug-likeness (QED) is 0.681. The van der Waals surface area contributed by atoms with Crippen molar-refractivity contribution in [2.75, 3.05) is 13.1 Å². The van der Waals surface area contributed by atoms with Crippen LogP contribution in [0, 0.1) is 0 Å². The van der Waals surface area contributed by atoms with Crippen LogP contribution < -0.4 is 0 Å². The molecule has 0 bridgehead atoms. The van der Waals surface area contributed by atoms with E-state index in [1.54, 1.807) is 11.1 Å². The molecule has 0 radical (unpaired) electrons. The molecule has 20 heavy (non-hydrogen) atoms. The second-order valence-electron chi connectivity index (χ2n) is 4.57. The highest BCUT2D eigenvalue weighted by Gasteiger charge is 2.11. The Kier molecular flexibility index (Phi) is 6.69. The summed E-state index contributed by atoms with van der Waals surface area (Å²) in [6, 6.07) is 0.